The lowest BCUT2D eigenvalue weighted by Crippen LogP contribution is -2.34. The Balaban J connectivity index is 1.23. The molecular weight excluding hydrogens is 387 g/mol. The monoisotopic (exact) mass is 414 g/mol. The summed E-state index contributed by atoms with van der Waals surface area (Å²) in [7, 11) is 0. The standard InChI is InChI=1S/C23H27FN2O4/c1-15(27)17-3-6-21(20(28)13-17)29-12-2-9-26-10-7-16(8-11-26)23-19-5-4-18(24)14-22(19)30-25-23/h3-6,13-16,27-28H,2,7-12H2,1H3. The molecule has 0 bridgehead atoms. The Labute approximate surface area is 174 Å². The number of piperidine rings is 1. The second-order valence-electron chi connectivity index (χ2n) is 7.93. The van der Waals surface area contributed by atoms with Crippen molar-refractivity contribution in [1.29, 1.82) is 0 Å². The molecule has 2 N–H and O–H groups in total. The molecule has 6 nitrogen and oxygen atoms in total. The number of hydrogen-bond donors (Lipinski definition) is 2. The van der Waals surface area contributed by atoms with Crippen molar-refractivity contribution in [3.05, 3.63) is 53.5 Å². The van der Waals surface area contributed by atoms with Crippen LogP contribution in [0.3, 0.4) is 0 Å². The molecule has 7 heteroatoms. The molecule has 2 heterocycles. The third kappa shape index (κ3) is 4.57. The van der Waals surface area contributed by atoms with E-state index in [0.717, 1.165) is 50.0 Å². The number of benzene rings is 2. The summed E-state index contributed by atoms with van der Waals surface area (Å²) in [5.74, 6) is 0.504. The topological polar surface area (TPSA) is 79.0 Å². The first-order valence-electron chi connectivity index (χ1n) is 10.4. The van der Waals surface area contributed by atoms with Crippen LogP contribution in [0.5, 0.6) is 11.5 Å². The normalized spacial score (nSPS) is 16.8. The van der Waals surface area contributed by atoms with Crippen molar-refractivity contribution in [2.24, 2.45) is 0 Å². The van der Waals surface area contributed by atoms with Gasteiger partial charge in [0.1, 0.15) is 5.82 Å². The van der Waals surface area contributed by atoms with Crippen molar-refractivity contribution in [2.75, 3.05) is 26.2 Å². The first-order chi connectivity index (χ1) is 14.5. The summed E-state index contributed by atoms with van der Waals surface area (Å²) in [5, 5.41) is 24.7. The van der Waals surface area contributed by atoms with E-state index < -0.39 is 6.10 Å². The Morgan fingerprint density at radius 1 is 1.23 bits per heavy atom. The summed E-state index contributed by atoms with van der Waals surface area (Å²) in [4.78, 5) is 2.40. The van der Waals surface area contributed by atoms with Crippen molar-refractivity contribution in [2.45, 2.75) is 38.2 Å². The number of phenolic OH excluding ortho intramolecular Hbond substituents is 1. The number of nitrogens with zero attached hydrogens (tertiary/aromatic N) is 2. The van der Waals surface area contributed by atoms with Crippen molar-refractivity contribution in [3.8, 4) is 11.5 Å². The van der Waals surface area contributed by atoms with Gasteiger partial charge < -0.3 is 24.4 Å². The van der Waals surface area contributed by atoms with Gasteiger partial charge in [0, 0.05) is 23.9 Å². The van der Waals surface area contributed by atoms with Crippen molar-refractivity contribution >= 4 is 11.0 Å². The van der Waals surface area contributed by atoms with Crippen LogP contribution in [-0.4, -0.2) is 46.5 Å². The molecule has 1 fully saturated rings. The Hall–Kier alpha value is -2.64. The summed E-state index contributed by atoms with van der Waals surface area (Å²) in [6, 6.07) is 9.57. The zero-order valence-electron chi connectivity index (χ0n) is 17.1. The molecule has 0 radical (unpaired) electrons. The number of phenols is 1. The van der Waals surface area contributed by atoms with E-state index in [9.17, 15) is 14.6 Å². The predicted octanol–water partition coefficient (Wildman–Crippen LogP) is 4.37. The number of aliphatic hydroxyl groups is 1. The third-order valence-electron chi connectivity index (χ3n) is 5.78. The largest absolute Gasteiger partial charge is 0.504 e. The van der Waals surface area contributed by atoms with Crippen LogP contribution in [0.15, 0.2) is 40.9 Å². The van der Waals surface area contributed by atoms with Crippen LogP contribution in [0, 0.1) is 5.82 Å². The smallest absolute Gasteiger partial charge is 0.170 e. The van der Waals surface area contributed by atoms with Crippen LogP contribution in [0.4, 0.5) is 4.39 Å². The molecule has 4 rings (SSSR count). The molecule has 1 unspecified atom stereocenters. The predicted molar refractivity (Wildman–Crippen MR) is 111 cm³/mol. The van der Waals surface area contributed by atoms with Crippen LogP contribution >= 0.6 is 0 Å². The maximum Gasteiger partial charge on any atom is 0.170 e. The molecule has 0 amide bonds. The first-order valence-corrected chi connectivity index (χ1v) is 10.4. The van der Waals surface area contributed by atoms with E-state index in [1.165, 1.54) is 18.2 Å². The number of aliphatic hydroxyl groups excluding tert-OH is 1. The fourth-order valence-corrected chi connectivity index (χ4v) is 4.04. The third-order valence-corrected chi connectivity index (χ3v) is 5.78. The molecule has 1 atom stereocenters. The maximum absolute atomic E-state index is 13.3. The van der Waals surface area contributed by atoms with Crippen molar-refractivity contribution in [1.82, 2.24) is 10.1 Å². The highest BCUT2D eigenvalue weighted by Crippen LogP contribution is 2.33. The molecule has 1 aliphatic rings. The summed E-state index contributed by atoms with van der Waals surface area (Å²) in [6.45, 7) is 5.03. The maximum atomic E-state index is 13.3. The number of aromatic hydroxyl groups is 1. The lowest BCUT2D eigenvalue weighted by Gasteiger charge is -2.31. The fraction of sp³-hybridized carbons (Fsp3) is 0.435. The van der Waals surface area contributed by atoms with Crippen molar-refractivity contribution in [3.63, 3.8) is 0 Å². The van der Waals surface area contributed by atoms with E-state index in [1.807, 2.05) is 0 Å². The number of rotatable bonds is 7. The van der Waals surface area contributed by atoms with Crippen LogP contribution < -0.4 is 4.74 Å². The first kappa shape index (κ1) is 20.6. The Kier molecular flexibility index (Phi) is 6.20. The SMILES string of the molecule is CC(O)c1ccc(OCCCN2CCC(c3noc4cc(F)ccc34)CC2)c(O)c1. The minimum absolute atomic E-state index is 0.0499. The van der Waals surface area contributed by atoms with Gasteiger partial charge in [-0.15, -0.1) is 0 Å². The van der Waals surface area contributed by atoms with E-state index >= 15 is 0 Å². The number of halogens is 1. The molecule has 2 aromatic carbocycles. The number of aromatic nitrogens is 1. The second-order valence-corrected chi connectivity index (χ2v) is 7.93. The Morgan fingerprint density at radius 3 is 2.77 bits per heavy atom. The number of ether oxygens (including phenoxy) is 1. The van der Waals surface area contributed by atoms with E-state index in [-0.39, 0.29) is 11.6 Å². The highest BCUT2D eigenvalue weighted by molar-refractivity contribution is 5.79. The molecule has 30 heavy (non-hydrogen) atoms. The summed E-state index contributed by atoms with van der Waals surface area (Å²) >= 11 is 0. The lowest BCUT2D eigenvalue weighted by atomic mass is 9.91. The van der Waals surface area contributed by atoms with E-state index in [1.54, 1.807) is 25.1 Å². The fourth-order valence-electron chi connectivity index (χ4n) is 4.04. The summed E-state index contributed by atoms with van der Waals surface area (Å²) in [6.07, 6.45) is 2.21. The van der Waals surface area contributed by atoms with Crippen LogP contribution in [0.25, 0.3) is 11.0 Å². The van der Waals surface area contributed by atoms with E-state index in [4.69, 9.17) is 9.26 Å². The second kappa shape index (κ2) is 9.02. The van der Waals surface area contributed by atoms with Gasteiger partial charge in [-0.2, -0.15) is 0 Å². The molecule has 0 spiro atoms. The molecular formula is C23H27FN2O4. The Morgan fingerprint density at radius 2 is 2.03 bits per heavy atom. The molecule has 0 saturated carbocycles. The van der Waals surface area contributed by atoms with Gasteiger partial charge in [0.05, 0.1) is 18.4 Å². The van der Waals surface area contributed by atoms with Gasteiger partial charge in [0.25, 0.3) is 0 Å². The van der Waals surface area contributed by atoms with Gasteiger partial charge in [-0.3, -0.25) is 0 Å². The molecule has 0 aliphatic carbocycles. The molecule has 1 aromatic heterocycles. The highest BCUT2D eigenvalue weighted by atomic mass is 19.1. The van der Waals surface area contributed by atoms with E-state index in [0.29, 0.717) is 29.4 Å². The molecule has 1 aliphatic heterocycles. The zero-order chi connectivity index (χ0) is 21.1. The van der Waals surface area contributed by atoms with Crippen molar-refractivity contribution < 1.29 is 23.9 Å². The molecule has 1 saturated heterocycles. The number of likely N-dealkylation sites (tertiary alicyclic amines) is 1. The number of hydrogen-bond acceptors (Lipinski definition) is 6. The summed E-state index contributed by atoms with van der Waals surface area (Å²) < 4.78 is 24.3. The van der Waals surface area contributed by atoms with Gasteiger partial charge >= 0.3 is 0 Å². The molecule has 160 valence electrons. The van der Waals surface area contributed by atoms with Gasteiger partial charge in [-0.25, -0.2) is 4.39 Å². The van der Waals surface area contributed by atoms with Gasteiger partial charge in [-0.1, -0.05) is 11.2 Å². The van der Waals surface area contributed by atoms with Gasteiger partial charge in [0.2, 0.25) is 0 Å². The van der Waals surface area contributed by atoms with Gasteiger partial charge in [0.15, 0.2) is 17.1 Å². The average Bonchev–Trinajstić information content (AvgIpc) is 3.15. The van der Waals surface area contributed by atoms with Gasteiger partial charge in [-0.05, 0) is 69.1 Å². The lowest BCUT2D eigenvalue weighted by molar-refractivity contribution is 0.189. The van der Waals surface area contributed by atoms with Crippen LogP contribution in [-0.2, 0) is 0 Å². The highest BCUT2D eigenvalue weighted by Gasteiger charge is 2.25. The zero-order valence-corrected chi connectivity index (χ0v) is 17.1. The minimum atomic E-state index is -0.621. The van der Waals surface area contributed by atoms with Crippen LogP contribution in [0.2, 0.25) is 0 Å². The molecule has 3 aromatic rings. The van der Waals surface area contributed by atoms with Crippen LogP contribution in [0.1, 0.15) is 49.5 Å². The van der Waals surface area contributed by atoms with E-state index in [2.05, 4.69) is 10.1 Å². The summed E-state index contributed by atoms with van der Waals surface area (Å²) in [5.41, 5.74) is 2.10. The number of fused-ring (bicyclic) bond motifs is 1. The Bertz CT molecular complexity index is 996. The average molecular weight is 414 g/mol. The minimum Gasteiger partial charge on any atom is -0.504 e. The quantitative estimate of drug-likeness (QED) is 0.559.